The van der Waals surface area contributed by atoms with Gasteiger partial charge in [0, 0.05) is 30.8 Å². The molecule has 0 spiro atoms. The van der Waals surface area contributed by atoms with Crippen molar-refractivity contribution in [2.75, 3.05) is 11.9 Å². The van der Waals surface area contributed by atoms with Crippen molar-refractivity contribution in [1.29, 1.82) is 0 Å². The summed E-state index contributed by atoms with van der Waals surface area (Å²) in [5.41, 5.74) is 2.12. The maximum absolute atomic E-state index is 12.2. The molecule has 23 heavy (non-hydrogen) atoms. The molecule has 2 N–H and O–H groups in total. The highest BCUT2D eigenvalue weighted by molar-refractivity contribution is 5.97. The Morgan fingerprint density at radius 3 is 2.65 bits per heavy atom. The Balaban J connectivity index is 1.95. The standard InChI is InChI=1S/C16H21N5O2/c1-3-4-15(22)20-14-9-13(6-5-12(14)2)16(23)17-7-8-21-10-18-19-11-21/h5-6,9-11H,3-4,7-8H2,1-2H3,(H,17,23)(H,20,22). The van der Waals surface area contributed by atoms with E-state index in [1.54, 1.807) is 29.4 Å². The van der Waals surface area contributed by atoms with Gasteiger partial charge in [-0.3, -0.25) is 9.59 Å². The van der Waals surface area contributed by atoms with Crippen LogP contribution in [0.15, 0.2) is 30.9 Å². The minimum atomic E-state index is -0.177. The number of aryl methyl sites for hydroxylation is 1. The van der Waals surface area contributed by atoms with Crippen LogP contribution in [-0.4, -0.2) is 33.1 Å². The SMILES string of the molecule is CCCC(=O)Nc1cc(C(=O)NCCn2cnnc2)ccc1C. The first-order valence-corrected chi connectivity index (χ1v) is 7.61. The average molecular weight is 315 g/mol. The summed E-state index contributed by atoms with van der Waals surface area (Å²) in [7, 11) is 0. The second-order valence-electron chi connectivity index (χ2n) is 5.28. The minimum Gasteiger partial charge on any atom is -0.350 e. The van der Waals surface area contributed by atoms with Gasteiger partial charge < -0.3 is 15.2 Å². The Bertz CT molecular complexity index is 667. The van der Waals surface area contributed by atoms with E-state index in [1.165, 1.54) is 0 Å². The lowest BCUT2D eigenvalue weighted by Crippen LogP contribution is -2.27. The van der Waals surface area contributed by atoms with Crippen LogP contribution in [0.5, 0.6) is 0 Å². The molecule has 0 aliphatic carbocycles. The number of hydrogen-bond acceptors (Lipinski definition) is 4. The zero-order valence-corrected chi connectivity index (χ0v) is 13.4. The van der Waals surface area contributed by atoms with E-state index in [9.17, 15) is 9.59 Å². The number of aromatic nitrogens is 3. The van der Waals surface area contributed by atoms with Gasteiger partial charge in [-0.1, -0.05) is 13.0 Å². The lowest BCUT2D eigenvalue weighted by Gasteiger charge is -2.11. The molecule has 0 saturated heterocycles. The number of carbonyl (C=O) groups excluding carboxylic acids is 2. The van der Waals surface area contributed by atoms with Gasteiger partial charge in [-0.25, -0.2) is 0 Å². The van der Waals surface area contributed by atoms with Crippen LogP contribution in [0.3, 0.4) is 0 Å². The molecule has 2 amide bonds. The van der Waals surface area contributed by atoms with Gasteiger partial charge in [0.05, 0.1) is 0 Å². The lowest BCUT2D eigenvalue weighted by molar-refractivity contribution is -0.116. The summed E-state index contributed by atoms with van der Waals surface area (Å²) in [5.74, 6) is -0.218. The van der Waals surface area contributed by atoms with E-state index in [4.69, 9.17) is 0 Å². The normalized spacial score (nSPS) is 10.3. The van der Waals surface area contributed by atoms with Crippen LogP contribution in [-0.2, 0) is 11.3 Å². The number of rotatable bonds is 7. The molecular formula is C16H21N5O2. The first kappa shape index (κ1) is 16.7. The third kappa shape index (κ3) is 4.91. The first-order valence-electron chi connectivity index (χ1n) is 7.61. The van der Waals surface area contributed by atoms with Crippen LogP contribution in [0.4, 0.5) is 5.69 Å². The number of amides is 2. The van der Waals surface area contributed by atoms with Gasteiger partial charge >= 0.3 is 0 Å². The van der Waals surface area contributed by atoms with Crippen LogP contribution >= 0.6 is 0 Å². The number of anilines is 1. The van der Waals surface area contributed by atoms with Gasteiger partial charge in [0.25, 0.3) is 5.91 Å². The van der Waals surface area contributed by atoms with Crippen molar-refractivity contribution >= 4 is 17.5 Å². The summed E-state index contributed by atoms with van der Waals surface area (Å²) in [4.78, 5) is 23.9. The van der Waals surface area contributed by atoms with Crippen molar-refractivity contribution < 1.29 is 9.59 Å². The molecule has 0 radical (unpaired) electrons. The van der Waals surface area contributed by atoms with Crippen LogP contribution in [0.2, 0.25) is 0 Å². The number of nitrogens with one attached hydrogen (secondary N) is 2. The monoisotopic (exact) mass is 315 g/mol. The molecule has 0 bridgehead atoms. The maximum atomic E-state index is 12.2. The molecule has 7 nitrogen and oxygen atoms in total. The smallest absolute Gasteiger partial charge is 0.251 e. The van der Waals surface area contributed by atoms with Crippen molar-refractivity contribution in [2.24, 2.45) is 0 Å². The summed E-state index contributed by atoms with van der Waals surface area (Å²) >= 11 is 0. The van der Waals surface area contributed by atoms with Crippen molar-refractivity contribution in [3.8, 4) is 0 Å². The van der Waals surface area contributed by atoms with E-state index in [-0.39, 0.29) is 11.8 Å². The molecule has 0 aliphatic rings. The van der Waals surface area contributed by atoms with Gasteiger partial charge in [0.15, 0.2) is 0 Å². The number of nitrogens with zero attached hydrogens (tertiary/aromatic N) is 3. The van der Waals surface area contributed by atoms with Crippen LogP contribution < -0.4 is 10.6 Å². The number of hydrogen-bond donors (Lipinski definition) is 2. The second-order valence-corrected chi connectivity index (χ2v) is 5.28. The van der Waals surface area contributed by atoms with Crippen molar-refractivity contribution in [2.45, 2.75) is 33.2 Å². The fourth-order valence-corrected chi connectivity index (χ4v) is 2.08. The zero-order chi connectivity index (χ0) is 16.7. The van der Waals surface area contributed by atoms with E-state index >= 15 is 0 Å². The number of carbonyl (C=O) groups is 2. The molecule has 1 aromatic heterocycles. The van der Waals surface area contributed by atoms with Gasteiger partial charge in [0.2, 0.25) is 5.91 Å². The van der Waals surface area contributed by atoms with Crippen molar-refractivity contribution in [1.82, 2.24) is 20.1 Å². The fourth-order valence-electron chi connectivity index (χ4n) is 2.08. The van der Waals surface area contributed by atoms with Gasteiger partial charge in [0.1, 0.15) is 12.7 Å². The van der Waals surface area contributed by atoms with Crippen LogP contribution in [0.25, 0.3) is 0 Å². The van der Waals surface area contributed by atoms with Gasteiger partial charge in [-0.05, 0) is 31.0 Å². The van der Waals surface area contributed by atoms with Crippen LogP contribution in [0, 0.1) is 6.92 Å². The Kier molecular flexibility index (Phi) is 5.85. The largest absolute Gasteiger partial charge is 0.350 e. The molecule has 0 fully saturated rings. The zero-order valence-electron chi connectivity index (χ0n) is 13.4. The third-order valence-electron chi connectivity index (χ3n) is 3.37. The Hall–Kier alpha value is -2.70. The minimum absolute atomic E-state index is 0.0410. The molecule has 0 aliphatic heterocycles. The Labute approximate surface area is 135 Å². The molecule has 0 atom stereocenters. The second kappa shape index (κ2) is 8.07. The molecule has 2 aromatic rings. The predicted molar refractivity (Wildman–Crippen MR) is 87.1 cm³/mol. The third-order valence-corrected chi connectivity index (χ3v) is 3.37. The summed E-state index contributed by atoms with van der Waals surface area (Å²) in [6.45, 7) is 4.92. The summed E-state index contributed by atoms with van der Waals surface area (Å²) in [6, 6.07) is 5.28. The van der Waals surface area contributed by atoms with E-state index in [0.717, 1.165) is 12.0 Å². The van der Waals surface area contributed by atoms with Gasteiger partial charge in [-0.2, -0.15) is 0 Å². The molecule has 0 unspecified atom stereocenters. The number of benzene rings is 1. The molecule has 0 saturated carbocycles. The quantitative estimate of drug-likeness (QED) is 0.814. The lowest BCUT2D eigenvalue weighted by atomic mass is 10.1. The molecule has 7 heteroatoms. The molecule has 1 heterocycles. The summed E-state index contributed by atoms with van der Waals surface area (Å²) in [5, 5.41) is 13.1. The molecule has 122 valence electrons. The maximum Gasteiger partial charge on any atom is 0.251 e. The average Bonchev–Trinajstić information content (AvgIpc) is 3.03. The predicted octanol–water partition coefficient (Wildman–Crippen LogP) is 1.76. The molecular weight excluding hydrogens is 294 g/mol. The highest BCUT2D eigenvalue weighted by atomic mass is 16.2. The summed E-state index contributed by atoms with van der Waals surface area (Å²) < 4.78 is 1.78. The van der Waals surface area contributed by atoms with Crippen molar-refractivity contribution in [3.63, 3.8) is 0 Å². The first-order chi connectivity index (χ1) is 11.1. The summed E-state index contributed by atoms with van der Waals surface area (Å²) in [6.07, 6.45) is 4.45. The Morgan fingerprint density at radius 2 is 1.96 bits per heavy atom. The van der Waals surface area contributed by atoms with E-state index in [0.29, 0.717) is 30.8 Å². The topological polar surface area (TPSA) is 88.9 Å². The Morgan fingerprint density at radius 1 is 1.22 bits per heavy atom. The highest BCUT2D eigenvalue weighted by Crippen LogP contribution is 2.17. The molecule has 1 aromatic carbocycles. The van der Waals surface area contributed by atoms with E-state index in [1.807, 2.05) is 19.9 Å². The van der Waals surface area contributed by atoms with Gasteiger partial charge in [-0.15, -0.1) is 10.2 Å². The van der Waals surface area contributed by atoms with E-state index < -0.39 is 0 Å². The van der Waals surface area contributed by atoms with Crippen LogP contribution in [0.1, 0.15) is 35.7 Å². The van der Waals surface area contributed by atoms with E-state index in [2.05, 4.69) is 20.8 Å². The fraction of sp³-hybridized carbons (Fsp3) is 0.375. The molecule has 2 rings (SSSR count). The van der Waals surface area contributed by atoms with Crippen molar-refractivity contribution in [3.05, 3.63) is 42.0 Å². The highest BCUT2D eigenvalue weighted by Gasteiger charge is 2.09.